The van der Waals surface area contributed by atoms with E-state index in [1.807, 2.05) is 57.2 Å². The van der Waals surface area contributed by atoms with Crippen molar-refractivity contribution < 1.29 is 23.9 Å². The zero-order chi connectivity index (χ0) is 35.6. The Kier molecular flexibility index (Phi) is 12.1. The molecule has 1 unspecified atom stereocenters. The largest absolute Gasteiger partial charge is 0.493 e. The van der Waals surface area contributed by atoms with Gasteiger partial charge in [-0.15, -0.1) is 23.1 Å². The molecule has 0 saturated carbocycles. The van der Waals surface area contributed by atoms with E-state index in [2.05, 4.69) is 16.0 Å². The molecule has 0 aliphatic rings. The summed E-state index contributed by atoms with van der Waals surface area (Å²) < 4.78 is 10.8. The van der Waals surface area contributed by atoms with Crippen molar-refractivity contribution in [3.05, 3.63) is 124 Å². The highest BCUT2D eigenvalue weighted by Gasteiger charge is 2.21. The normalized spacial score (nSPS) is 11.7. The number of thioether (sulfide) groups is 1. The first-order chi connectivity index (χ1) is 24.2. The van der Waals surface area contributed by atoms with Gasteiger partial charge in [0.25, 0.3) is 11.8 Å². The minimum absolute atomic E-state index is 0.0266. The van der Waals surface area contributed by atoms with Gasteiger partial charge in [0, 0.05) is 26.6 Å². The summed E-state index contributed by atoms with van der Waals surface area (Å²) in [6.07, 6.45) is 2.14. The molecule has 11 heteroatoms. The molecule has 0 bridgehead atoms. The predicted molar refractivity (Wildman–Crippen MR) is 202 cm³/mol. The number of ether oxygens (including phenoxy) is 2. The Morgan fingerprint density at radius 3 is 2.30 bits per heavy atom. The minimum Gasteiger partial charge on any atom is -0.493 e. The van der Waals surface area contributed by atoms with Gasteiger partial charge in [-0.3, -0.25) is 14.4 Å². The number of aromatic nitrogens is 1. The Labute approximate surface area is 300 Å². The first kappa shape index (κ1) is 35.9. The molecule has 0 aliphatic heterocycles. The van der Waals surface area contributed by atoms with Gasteiger partial charge < -0.3 is 25.4 Å². The minimum atomic E-state index is -0.528. The standard InChI is InChI=1S/C39H38N4O5S2/c1-6-34(38(46)43-39-42-35(25(3)49-39)27-18-15-24(2)16-19-27)50-30-14-10-13-29(23-30)40-37(45)31(41-36(44)28-11-8-7-9-12-28)21-26-17-20-32(47-4)33(22-26)48-5/h7-23,34H,6H2,1-5H3,(H,40,45)(H,41,44)(H,42,43,46)/b31-21+. The number of carbonyl (C=O) groups excluding carboxylic acids is 3. The number of benzene rings is 4. The van der Waals surface area contributed by atoms with Crippen LogP contribution >= 0.6 is 23.1 Å². The third kappa shape index (κ3) is 9.19. The van der Waals surface area contributed by atoms with E-state index in [1.54, 1.807) is 66.7 Å². The van der Waals surface area contributed by atoms with Crippen molar-refractivity contribution in [3.8, 4) is 22.8 Å². The third-order valence-corrected chi connectivity index (χ3v) is 9.88. The summed E-state index contributed by atoms with van der Waals surface area (Å²) >= 11 is 2.84. The van der Waals surface area contributed by atoms with Crippen molar-refractivity contribution in [1.82, 2.24) is 10.3 Å². The third-order valence-electron chi connectivity index (χ3n) is 7.63. The molecule has 3 N–H and O–H groups in total. The van der Waals surface area contributed by atoms with E-state index in [0.29, 0.717) is 39.9 Å². The molecule has 256 valence electrons. The zero-order valence-electron chi connectivity index (χ0n) is 28.4. The van der Waals surface area contributed by atoms with Crippen LogP contribution in [0.1, 0.15) is 39.7 Å². The second-order valence-corrected chi connectivity index (χ2v) is 13.7. The number of amides is 3. The Hall–Kier alpha value is -5.39. The Balaban J connectivity index is 1.31. The number of anilines is 2. The van der Waals surface area contributed by atoms with Crippen LogP contribution in [0.25, 0.3) is 17.3 Å². The molecule has 50 heavy (non-hydrogen) atoms. The maximum Gasteiger partial charge on any atom is 0.272 e. The summed E-state index contributed by atoms with van der Waals surface area (Å²) in [6, 6.07) is 29.2. The number of thiazole rings is 1. The molecule has 9 nitrogen and oxygen atoms in total. The highest BCUT2D eigenvalue weighted by molar-refractivity contribution is 8.00. The lowest BCUT2D eigenvalue weighted by molar-refractivity contribution is -0.116. The molecule has 5 aromatic rings. The summed E-state index contributed by atoms with van der Waals surface area (Å²) in [5.41, 5.74) is 4.58. The highest BCUT2D eigenvalue weighted by atomic mass is 32.2. The van der Waals surface area contributed by atoms with Gasteiger partial charge in [0.05, 0.1) is 25.2 Å². The SMILES string of the molecule is CCC(Sc1cccc(NC(=O)/C(=C\c2ccc(OC)c(OC)c2)NC(=O)c2ccccc2)c1)C(=O)Nc1nc(-c2ccc(C)cc2)c(C)s1. The van der Waals surface area contributed by atoms with Crippen LogP contribution in [-0.2, 0) is 9.59 Å². The molecule has 0 fully saturated rings. The van der Waals surface area contributed by atoms with Gasteiger partial charge in [-0.25, -0.2) is 4.98 Å². The van der Waals surface area contributed by atoms with Crippen LogP contribution in [0.5, 0.6) is 11.5 Å². The fraction of sp³-hybridized carbons (Fsp3) is 0.179. The number of hydrogen-bond acceptors (Lipinski definition) is 8. The van der Waals surface area contributed by atoms with Gasteiger partial charge in [0.2, 0.25) is 5.91 Å². The number of hydrogen-bond donors (Lipinski definition) is 3. The van der Waals surface area contributed by atoms with Gasteiger partial charge in [-0.05, 0) is 74.4 Å². The quantitative estimate of drug-likeness (QED) is 0.0832. The van der Waals surface area contributed by atoms with Gasteiger partial charge in [-0.2, -0.15) is 0 Å². The van der Waals surface area contributed by atoms with Crippen LogP contribution in [0.3, 0.4) is 0 Å². The molecule has 0 saturated heterocycles. The van der Waals surface area contributed by atoms with E-state index in [0.717, 1.165) is 21.0 Å². The molecule has 0 radical (unpaired) electrons. The second kappa shape index (κ2) is 16.8. The van der Waals surface area contributed by atoms with Crippen molar-refractivity contribution in [2.75, 3.05) is 24.9 Å². The van der Waals surface area contributed by atoms with Crippen LogP contribution in [-0.4, -0.2) is 42.2 Å². The smallest absolute Gasteiger partial charge is 0.272 e. The summed E-state index contributed by atoms with van der Waals surface area (Å²) in [5.74, 6) is -0.105. The summed E-state index contributed by atoms with van der Waals surface area (Å²) in [7, 11) is 3.06. The van der Waals surface area contributed by atoms with Crippen LogP contribution < -0.4 is 25.4 Å². The van der Waals surface area contributed by atoms with Crippen molar-refractivity contribution >= 4 is 57.7 Å². The van der Waals surface area contributed by atoms with Crippen LogP contribution in [0.4, 0.5) is 10.8 Å². The molecule has 1 heterocycles. The van der Waals surface area contributed by atoms with E-state index < -0.39 is 17.1 Å². The van der Waals surface area contributed by atoms with E-state index in [4.69, 9.17) is 14.5 Å². The first-order valence-corrected chi connectivity index (χ1v) is 17.6. The van der Waals surface area contributed by atoms with E-state index in [-0.39, 0.29) is 11.6 Å². The maximum atomic E-state index is 13.7. The van der Waals surface area contributed by atoms with Crippen LogP contribution in [0, 0.1) is 13.8 Å². The molecule has 1 atom stereocenters. The lowest BCUT2D eigenvalue weighted by Gasteiger charge is -2.15. The number of aryl methyl sites for hydroxylation is 2. The van der Waals surface area contributed by atoms with E-state index in [9.17, 15) is 14.4 Å². The first-order valence-electron chi connectivity index (χ1n) is 15.9. The van der Waals surface area contributed by atoms with Gasteiger partial charge in [0.15, 0.2) is 16.6 Å². The number of rotatable bonds is 13. The fourth-order valence-electron chi connectivity index (χ4n) is 5.00. The Morgan fingerprint density at radius 2 is 1.60 bits per heavy atom. The van der Waals surface area contributed by atoms with Gasteiger partial charge in [-0.1, -0.05) is 67.1 Å². The Morgan fingerprint density at radius 1 is 0.860 bits per heavy atom. The monoisotopic (exact) mass is 706 g/mol. The van der Waals surface area contributed by atoms with E-state index in [1.165, 1.54) is 42.9 Å². The van der Waals surface area contributed by atoms with Crippen molar-refractivity contribution in [2.45, 2.75) is 37.3 Å². The number of carbonyl (C=O) groups is 3. The molecule has 1 aromatic heterocycles. The summed E-state index contributed by atoms with van der Waals surface area (Å²) in [4.78, 5) is 46.7. The van der Waals surface area contributed by atoms with Gasteiger partial charge in [0.1, 0.15) is 5.70 Å². The molecular weight excluding hydrogens is 669 g/mol. The topological polar surface area (TPSA) is 119 Å². The van der Waals surface area contributed by atoms with Crippen molar-refractivity contribution in [3.63, 3.8) is 0 Å². The lowest BCUT2D eigenvalue weighted by Crippen LogP contribution is -2.30. The highest BCUT2D eigenvalue weighted by Crippen LogP contribution is 2.33. The molecular formula is C39H38N4O5S2. The summed E-state index contributed by atoms with van der Waals surface area (Å²) in [5, 5.41) is 8.80. The zero-order valence-corrected chi connectivity index (χ0v) is 30.0. The maximum absolute atomic E-state index is 13.7. The molecule has 5 rings (SSSR count). The Bertz CT molecular complexity index is 2010. The van der Waals surface area contributed by atoms with Crippen LogP contribution in [0.2, 0.25) is 0 Å². The molecule has 4 aromatic carbocycles. The predicted octanol–water partition coefficient (Wildman–Crippen LogP) is 8.36. The lowest BCUT2D eigenvalue weighted by atomic mass is 10.1. The van der Waals surface area contributed by atoms with Crippen molar-refractivity contribution in [1.29, 1.82) is 0 Å². The molecule has 0 aliphatic carbocycles. The average Bonchev–Trinajstić information content (AvgIpc) is 3.49. The van der Waals surface area contributed by atoms with Crippen molar-refractivity contribution in [2.24, 2.45) is 0 Å². The van der Waals surface area contributed by atoms with E-state index >= 15 is 0 Å². The molecule has 3 amide bonds. The number of nitrogens with one attached hydrogen (secondary N) is 3. The van der Waals surface area contributed by atoms with Crippen LogP contribution in [0.15, 0.2) is 108 Å². The molecule has 0 spiro atoms. The average molecular weight is 707 g/mol. The number of nitrogens with zero attached hydrogens (tertiary/aromatic N) is 1. The number of methoxy groups -OCH3 is 2. The van der Waals surface area contributed by atoms with Gasteiger partial charge >= 0.3 is 0 Å². The summed E-state index contributed by atoms with van der Waals surface area (Å²) in [6.45, 7) is 5.99. The fourth-order valence-corrected chi connectivity index (χ4v) is 6.85. The second-order valence-electron chi connectivity index (χ2n) is 11.3.